The molecule has 1 N–H and O–H groups in total. The molecule has 0 amide bonds. The van der Waals surface area contributed by atoms with E-state index in [-0.39, 0.29) is 0 Å². The highest BCUT2D eigenvalue weighted by Gasteiger charge is 2.08. The Morgan fingerprint density at radius 1 is 1.23 bits per heavy atom. The molecule has 68 valence electrons. The summed E-state index contributed by atoms with van der Waals surface area (Å²) < 4.78 is 0. The zero-order chi connectivity index (χ0) is 9.42. The normalized spacial score (nSPS) is 11.4. The summed E-state index contributed by atoms with van der Waals surface area (Å²) in [5.74, 6) is 0.479. The van der Waals surface area contributed by atoms with Crippen LogP contribution >= 0.6 is 11.6 Å². The van der Waals surface area contributed by atoms with E-state index in [1.165, 1.54) is 5.56 Å². The topological polar surface area (TPSA) is 15.8 Å². The maximum Gasteiger partial charge on any atom is 0.0534 e. The molecule has 0 saturated carbocycles. The van der Waals surface area contributed by atoms with Crippen LogP contribution in [0.15, 0.2) is 24.4 Å². The third kappa shape index (κ3) is 1.33. The lowest BCUT2D eigenvalue weighted by atomic mass is 10.0. The molecule has 0 aliphatic carbocycles. The maximum absolute atomic E-state index is 6.26. The summed E-state index contributed by atoms with van der Waals surface area (Å²) in [6.45, 7) is 4.30. The van der Waals surface area contributed by atoms with Gasteiger partial charge in [0.15, 0.2) is 0 Å². The lowest BCUT2D eigenvalue weighted by Crippen LogP contribution is -1.88. The molecule has 0 aliphatic heterocycles. The Labute approximate surface area is 82.7 Å². The van der Waals surface area contributed by atoms with Gasteiger partial charge in [0.2, 0.25) is 0 Å². The molecule has 0 atom stereocenters. The molecule has 0 fully saturated rings. The summed E-state index contributed by atoms with van der Waals surface area (Å²) >= 11 is 6.26. The Hall–Kier alpha value is -0.950. The molecule has 0 saturated heterocycles. The van der Waals surface area contributed by atoms with Crippen LogP contribution in [0, 0.1) is 0 Å². The fourth-order valence-electron chi connectivity index (χ4n) is 1.56. The molecule has 0 spiro atoms. The molecule has 2 rings (SSSR count). The van der Waals surface area contributed by atoms with Gasteiger partial charge in [0.1, 0.15) is 0 Å². The SMILES string of the molecule is CC(C)c1ccc2[nH]ccc2c1Cl. The van der Waals surface area contributed by atoms with E-state index >= 15 is 0 Å². The molecular formula is C11H12ClN. The number of halogens is 1. The second-order valence-electron chi connectivity index (χ2n) is 3.56. The summed E-state index contributed by atoms with van der Waals surface area (Å²) in [6.07, 6.45) is 1.92. The van der Waals surface area contributed by atoms with E-state index in [1.807, 2.05) is 12.3 Å². The van der Waals surface area contributed by atoms with Crippen LogP contribution < -0.4 is 0 Å². The zero-order valence-electron chi connectivity index (χ0n) is 7.76. The molecule has 13 heavy (non-hydrogen) atoms. The van der Waals surface area contributed by atoms with Gasteiger partial charge in [0, 0.05) is 17.1 Å². The van der Waals surface area contributed by atoms with Crippen LogP contribution in [-0.4, -0.2) is 4.98 Å². The molecular weight excluding hydrogens is 182 g/mol. The Balaban J connectivity index is 2.73. The van der Waals surface area contributed by atoms with Crippen molar-refractivity contribution in [3.05, 3.63) is 35.0 Å². The van der Waals surface area contributed by atoms with E-state index in [9.17, 15) is 0 Å². The molecule has 2 heteroatoms. The summed E-state index contributed by atoms with van der Waals surface area (Å²) in [4.78, 5) is 3.14. The predicted octanol–water partition coefficient (Wildman–Crippen LogP) is 3.94. The molecule has 0 radical (unpaired) electrons. The standard InChI is InChI=1S/C11H12ClN/c1-7(2)8-3-4-10-9(11(8)12)5-6-13-10/h3-7,13H,1-2H3. The van der Waals surface area contributed by atoms with Gasteiger partial charge in [0.25, 0.3) is 0 Å². The van der Waals surface area contributed by atoms with E-state index in [1.54, 1.807) is 0 Å². The van der Waals surface area contributed by atoms with Gasteiger partial charge in [0.05, 0.1) is 5.02 Å². The van der Waals surface area contributed by atoms with Gasteiger partial charge in [-0.1, -0.05) is 31.5 Å². The first-order chi connectivity index (χ1) is 6.20. The number of aromatic amines is 1. The number of benzene rings is 1. The number of hydrogen-bond acceptors (Lipinski definition) is 0. The van der Waals surface area contributed by atoms with Gasteiger partial charge in [-0.25, -0.2) is 0 Å². The molecule has 2 aromatic rings. The summed E-state index contributed by atoms with van der Waals surface area (Å²) in [5.41, 5.74) is 2.32. The number of hydrogen-bond donors (Lipinski definition) is 1. The van der Waals surface area contributed by atoms with E-state index in [0.717, 1.165) is 15.9 Å². The fraction of sp³-hybridized carbons (Fsp3) is 0.273. The number of rotatable bonds is 1. The van der Waals surface area contributed by atoms with Gasteiger partial charge in [-0.15, -0.1) is 0 Å². The largest absolute Gasteiger partial charge is 0.361 e. The Kier molecular flexibility index (Phi) is 2.04. The van der Waals surface area contributed by atoms with Crippen LogP contribution in [-0.2, 0) is 0 Å². The summed E-state index contributed by atoms with van der Waals surface area (Å²) in [5, 5.41) is 2.00. The van der Waals surface area contributed by atoms with Crippen molar-refractivity contribution in [2.75, 3.05) is 0 Å². The zero-order valence-corrected chi connectivity index (χ0v) is 8.52. The number of fused-ring (bicyclic) bond motifs is 1. The van der Waals surface area contributed by atoms with Crippen molar-refractivity contribution in [3.8, 4) is 0 Å². The third-order valence-corrected chi connectivity index (χ3v) is 2.74. The molecule has 1 aromatic heterocycles. The highest BCUT2D eigenvalue weighted by Crippen LogP contribution is 2.30. The molecule has 0 unspecified atom stereocenters. The van der Waals surface area contributed by atoms with Crippen LogP contribution in [0.25, 0.3) is 10.9 Å². The first kappa shape index (κ1) is 8.64. The van der Waals surface area contributed by atoms with Gasteiger partial charge in [-0.2, -0.15) is 0 Å². The van der Waals surface area contributed by atoms with Crippen molar-refractivity contribution in [1.82, 2.24) is 4.98 Å². The minimum absolute atomic E-state index is 0.479. The fourth-order valence-corrected chi connectivity index (χ4v) is 2.01. The van der Waals surface area contributed by atoms with Crippen molar-refractivity contribution < 1.29 is 0 Å². The van der Waals surface area contributed by atoms with Gasteiger partial charge < -0.3 is 4.98 Å². The number of aromatic nitrogens is 1. The van der Waals surface area contributed by atoms with Crippen molar-refractivity contribution in [3.63, 3.8) is 0 Å². The Bertz CT molecular complexity index is 429. The highest BCUT2D eigenvalue weighted by atomic mass is 35.5. The van der Waals surface area contributed by atoms with Crippen LogP contribution in [0.2, 0.25) is 5.02 Å². The van der Waals surface area contributed by atoms with Gasteiger partial charge in [-0.05, 0) is 23.6 Å². The van der Waals surface area contributed by atoms with Gasteiger partial charge in [-0.3, -0.25) is 0 Å². The highest BCUT2D eigenvalue weighted by molar-refractivity contribution is 6.36. The van der Waals surface area contributed by atoms with E-state index in [4.69, 9.17) is 11.6 Å². The molecule has 1 nitrogen and oxygen atoms in total. The average molecular weight is 194 g/mol. The van der Waals surface area contributed by atoms with E-state index < -0.39 is 0 Å². The van der Waals surface area contributed by atoms with E-state index in [0.29, 0.717) is 5.92 Å². The minimum Gasteiger partial charge on any atom is -0.361 e. The predicted molar refractivity (Wildman–Crippen MR) is 57.4 cm³/mol. The van der Waals surface area contributed by atoms with E-state index in [2.05, 4.69) is 31.0 Å². The monoisotopic (exact) mass is 193 g/mol. The summed E-state index contributed by atoms with van der Waals surface area (Å²) in [6, 6.07) is 6.19. The minimum atomic E-state index is 0.479. The first-order valence-corrected chi connectivity index (χ1v) is 4.83. The second-order valence-corrected chi connectivity index (χ2v) is 3.94. The average Bonchev–Trinajstić information content (AvgIpc) is 2.52. The Morgan fingerprint density at radius 2 is 2.00 bits per heavy atom. The first-order valence-electron chi connectivity index (χ1n) is 4.45. The van der Waals surface area contributed by atoms with Crippen LogP contribution in [0.4, 0.5) is 0 Å². The molecule has 1 aromatic carbocycles. The third-order valence-electron chi connectivity index (χ3n) is 2.32. The lowest BCUT2D eigenvalue weighted by molar-refractivity contribution is 0.869. The molecule has 0 bridgehead atoms. The smallest absolute Gasteiger partial charge is 0.0534 e. The van der Waals surface area contributed by atoms with Crippen molar-refractivity contribution >= 4 is 22.5 Å². The number of H-pyrrole nitrogens is 1. The number of nitrogens with one attached hydrogen (secondary N) is 1. The molecule has 1 heterocycles. The Morgan fingerprint density at radius 3 is 2.69 bits per heavy atom. The maximum atomic E-state index is 6.26. The van der Waals surface area contributed by atoms with Crippen LogP contribution in [0.3, 0.4) is 0 Å². The van der Waals surface area contributed by atoms with Crippen molar-refractivity contribution in [1.29, 1.82) is 0 Å². The van der Waals surface area contributed by atoms with Gasteiger partial charge >= 0.3 is 0 Å². The van der Waals surface area contributed by atoms with Crippen molar-refractivity contribution in [2.45, 2.75) is 19.8 Å². The molecule has 0 aliphatic rings. The van der Waals surface area contributed by atoms with Crippen LogP contribution in [0.5, 0.6) is 0 Å². The second kappa shape index (κ2) is 3.08. The van der Waals surface area contributed by atoms with Crippen molar-refractivity contribution in [2.24, 2.45) is 0 Å². The summed E-state index contributed by atoms with van der Waals surface area (Å²) in [7, 11) is 0. The lowest BCUT2D eigenvalue weighted by Gasteiger charge is -2.08. The quantitative estimate of drug-likeness (QED) is 0.706. The van der Waals surface area contributed by atoms with Crippen LogP contribution in [0.1, 0.15) is 25.3 Å².